The molecule has 2 unspecified atom stereocenters. The predicted octanol–water partition coefficient (Wildman–Crippen LogP) is 1.56. The Kier molecular flexibility index (Phi) is 5.63. The number of rotatable bonds is 4. The molecular formula is C16H30N2O3. The SMILES string of the molecule is CCOC(=O)C1(NC)CCCC(N2C[C@@H](C)O[C@@H](C)C2)C1. The summed E-state index contributed by atoms with van der Waals surface area (Å²) < 4.78 is 11.1. The van der Waals surface area contributed by atoms with E-state index >= 15 is 0 Å². The van der Waals surface area contributed by atoms with Crippen LogP contribution in [0.4, 0.5) is 0 Å². The van der Waals surface area contributed by atoms with Crippen LogP contribution in [0.3, 0.4) is 0 Å². The fourth-order valence-electron chi connectivity index (χ4n) is 3.86. The van der Waals surface area contributed by atoms with Gasteiger partial charge < -0.3 is 14.8 Å². The van der Waals surface area contributed by atoms with Gasteiger partial charge in [-0.15, -0.1) is 0 Å². The first-order chi connectivity index (χ1) is 10.0. The lowest BCUT2D eigenvalue weighted by molar-refractivity contribution is -0.154. The van der Waals surface area contributed by atoms with E-state index < -0.39 is 5.54 Å². The molecule has 0 amide bonds. The van der Waals surface area contributed by atoms with Crippen molar-refractivity contribution in [3.63, 3.8) is 0 Å². The van der Waals surface area contributed by atoms with Gasteiger partial charge in [0.05, 0.1) is 18.8 Å². The van der Waals surface area contributed by atoms with Crippen LogP contribution in [0, 0.1) is 0 Å². The Hall–Kier alpha value is -0.650. The Labute approximate surface area is 128 Å². The quantitative estimate of drug-likeness (QED) is 0.798. The number of hydrogen-bond acceptors (Lipinski definition) is 5. The van der Waals surface area contributed by atoms with Gasteiger partial charge in [0.1, 0.15) is 5.54 Å². The van der Waals surface area contributed by atoms with Crippen LogP contribution in [-0.2, 0) is 14.3 Å². The van der Waals surface area contributed by atoms with Crippen LogP contribution in [0.5, 0.6) is 0 Å². The number of esters is 1. The van der Waals surface area contributed by atoms with Crippen molar-refractivity contribution in [2.24, 2.45) is 0 Å². The minimum absolute atomic E-state index is 0.0912. The second-order valence-corrected chi connectivity index (χ2v) is 6.51. The zero-order valence-electron chi connectivity index (χ0n) is 13.9. The van der Waals surface area contributed by atoms with Crippen LogP contribution in [0.25, 0.3) is 0 Å². The van der Waals surface area contributed by atoms with Crippen LogP contribution in [0.15, 0.2) is 0 Å². The van der Waals surface area contributed by atoms with Crippen LogP contribution < -0.4 is 5.32 Å². The summed E-state index contributed by atoms with van der Waals surface area (Å²) in [5.74, 6) is -0.0912. The number of carbonyl (C=O) groups is 1. The van der Waals surface area contributed by atoms with E-state index in [-0.39, 0.29) is 18.2 Å². The molecule has 122 valence electrons. The van der Waals surface area contributed by atoms with Gasteiger partial charge in [-0.05, 0) is 53.5 Å². The highest BCUT2D eigenvalue weighted by molar-refractivity contribution is 5.81. The number of nitrogens with one attached hydrogen (secondary N) is 1. The van der Waals surface area contributed by atoms with Crippen molar-refractivity contribution in [3.8, 4) is 0 Å². The highest BCUT2D eigenvalue weighted by atomic mass is 16.5. The first-order valence-corrected chi connectivity index (χ1v) is 8.26. The second kappa shape index (κ2) is 7.07. The summed E-state index contributed by atoms with van der Waals surface area (Å²) in [6, 6.07) is 0.435. The lowest BCUT2D eigenvalue weighted by atomic mass is 9.78. The van der Waals surface area contributed by atoms with Gasteiger partial charge in [-0.3, -0.25) is 9.69 Å². The minimum atomic E-state index is -0.510. The van der Waals surface area contributed by atoms with Crippen molar-refractivity contribution >= 4 is 5.97 Å². The molecule has 1 heterocycles. The summed E-state index contributed by atoms with van der Waals surface area (Å²) >= 11 is 0. The molecular weight excluding hydrogens is 268 g/mol. The molecule has 0 aromatic rings. The van der Waals surface area contributed by atoms with Gasteiger partial charge in [-0.1, -0.05) is 0 Å². The highest BCUT2D eigenvalue weighted by Crippen LogP contribution is 2.33. The van der Waals surface area contributed by atoms with Crippen molar-refractivity contribution in [2.45, 2.75) is 70.2 Å². The van der Waals surface area contributed by atoms with Gasteiger partial charge in [0.2, 0.25) is 0 Å². The van der Waals surface area contributed by atoms with Gasteiger partial charge >= 0.3 is 5.97 Å². The molecule has 2 aliphatic rings. The molecule has 1 N–H and O–H groups in total. The van der Waals surface area contributed by atoms with E-state index in [0.29, 0.717) is 12.6 Å². The van der Waals surface area contributed by atoms with E-state index in [2.05, 4.69) is 24.1 Å². The van der Waals surface area contributed by atoms with Gasteiger partial charge in [0.25, 0.3) is 0 Å². The summed E-state index contributed by atoms with van der Waals surface area (Å²) in [6.07, 6.45) is 4.45. The van der Waals surface area contributed by atoms with Crippen molar-refractivity contribution in [2.75, 3.05) is 26.7 Å². The lowest BCUT2D eigenvalue weighted by Gasteiger charge is -2.46. The Morgan fingerprint density at radius 3 is 2.62 bits per heavy atom. The maximum atomic E-state index is 12.4. The molecule has 1 aliphatic carbocycles. The maximum absolute atomic E-state index is 12.4. The molecule has 0 aromatic heterocycles. The number of carbonyl (C=O) groups excluding carboxylic acids is 1. The van der Waals surface area contributed by atoms with E-state index in [1.807, 2.05) is 14.0 Å². The summed E-state index contributed by atoms with van der Waals surface area (Å²) in [5, 5.41) is 3.26. The third-order valence-corrected chi connectivity index (χ3v) is 4.83. The molecule has 1 aliphatic heterocycles. The molecule has 5 nitrogen and oxygen atoms in total. The van der Waals surface area contributed by atoms with E-state index in [9.17, 15) is 4.79 Å². The van der Waals surface area contributed by atoms with Gasteiger partial charge in [-0.25, -0.2) is 0 Å². The van der Waals surface area contributed by atoms with Crippen LogP contribution in [-0.4, -0.2) is 61.4 Å². The van der Waals surface area contributed by atoms with E-state index in [0.717, 1.165) is 38.8 Å². The Balaban J connectivity index is 2.06. The first kappa shape index (κ1) is 16.7. The van der Waals surface area contributed by atoms with E-state index in [1.165, 1.54) is 0 Å². The average Bonchev–Trinajstić information content (AvgIpc) is 2.46. The standard InChI is InChI=1S/C16H30N2O3/c1-5-20-15(19)16(17-4)8-6-7-14(9-16)18-10-12(2)21-13(3)11-18/h12-14,17H,5-11H2,1-4H3/t12-,13+,14?,16?. The number of ether oxygens (including phenoxy) is 2. The molecule has 2 rings (SSSR count). The minimum Gasteiger partial charge on any atom is -0.465 e. The zero-order valence-corrected chi connectivity index (χ0v) is 13.9. The summed E-state index contributed by atoms with van der Waals surface area (Å²) in [6.45, 7) is 8.48. The largest absolute Gasteiger partial charge is 0.465 e. The maximum Gasteiger partial charge on any atom is 0.326 e. The fraction of sp³-hybridized carbons (Fsp3) is 0.938. The predicted molar refractivity (Wildman–Crippen MR) is 82.3 cm³/mol. The Bertz CT molecular complexity index is 353. The summed E-state index contributed by atoms with van der Waals surface area (Å²) in [4.78, 5) is 14.9. The Morgan fingerprint density at radius 1 is 1.38 bits per heavy atom. The van der Waals surface area contributed by atoms with E-state index in [4.69, 9.17) is 9.47 Å². The molecule has 4 atom stereocenters. The molecule has 1 saturated heterocycles. The Morgan fingerprint density at radius 2 is 2.05 bits per heavy atom. The van der Waals surface area contributed by atoms with Gasteiger partial charge in [0.15, 0.2) is 0 Å². The van der Waals surface area contributed by atoms with Crippen LogP contribution >= 0.6 is 0 Å². The average molecular weight is 298 g/mol. The number of hydrogen-bond donors (Lipinski definition) is 1. The first-order valence-electron chi connectivity index (χ1n) is 8.26. The monoisotopic (exact) mass is 298 g/mol. The van der Waals surface area contributed by atoms with Crippen molar-refractivity contribution < 1.29 is 14.3 Å². The second-order valence-electron chi connectivity index (χ2n) is 6.51. The molecule has 0 spiro atoms. The third kappa shape index (κ3) is 3.76. The van der Waals surface area contributed by atoms with Gasteiger partial charge in [0, 0.05) is 19.1 Å². The zero-order chi connectivity index (χ0) is 15.5. The van der Waals surface area contributed by atoms with Crippen molar-refractivity contribution in [3.05, 3.63) is 0 Å². The molecule has 0 aromatic carbocycles. The van der Waals surface area contributed by atoms with Gasteiger partial charge in [-0.2, -0.15) is 0 Å². The summed E-state index contributed by atoms with van der Waals surface area (Å²) in [5.41, 5.74) is -0.510. The lowest BCUT2D eigenvalue weighted by Crippen LogP contribution is -2.60. The number of morpholine rings is 1. The third-order valence-electron chi connectivity index (χ3n) is 4.83. The number of nitrogens with zero attached hydrogens (tertiary/aromatic N) is 1. The summed E-state index contributed by atoms with van der Waals surface area (Å²) in [7, 11) is 1.88. The topological polar surface area (TPSA) is 50.8 Å². The van der Waals surface area contributed by atoms with Crippen LogP contribution in [0.1, 0.15) is 46.5 Å². The van der Waals surface area contributed by atoms with E-state index in [1.54, 1.807) is 0 Å². The van der Waals surface area contributed by atoms with Crippen molar-refractivity contribution in [1.82, 2.24) is 10.2 Å². The highest BCUT2D eigenvalue weighted by Gasteiger charge is 2.45. The molecule has 1 saturated carbocycles. The molecule has 2 fully saturated rings. The van der Waals surface area contributed by atoms with Crippen LogP contribution in [0.2, 0.25) is 0 Å². The van der Waals surface area contributed by atoms with Crippen molar-refractivity contribution in [1.29, 1.82) is 0 Å². The molecule has 0 bridgehead atoms. The normalized spacial score (nSPS) is 38.2. The molecule has 21 heavy (non-hydrogen) atoms. The smallest absolute Gasteiger partial charge is 0.326 e. The fourth-order valence-corrected chi connectivity index (χ4v) is 3.86. The number of likely N-dealkylation sites (N-methyl/N-ethyl adjacent to an activating group) is 1. The molecule has 0 radical (unpaired) electrons. The molecule has 5 heteroatoms.